The van der Waals surface area contributed by atoms with Gasteiger partial charge in [-0.05, 0) is 40.2 Å². The number of hydrogen-bond donors (Lipinski definition) is 1. The monoisotopic (exact) mass is 230 g/mol. The van der Waals surface area contributed by atoms with Crippen molar-refractivity contribution in [2.75, 3.05) is 26.2 Å². The first-order chi connectivity index (χ1) is 7.40. The molecule has 0 aliphatic rings. The van der Waals surface area contributed by atoms with Crippen molar-refractivity contribution in [2.45, 2.75) is 46.1 Å². The van der Waals surface area contributed by atoms with Crippen LogP contribution >= 0.6 is 0 Å². The van der Waals surface area contributed by atoms with E-state index in [2.05, 4.69) is 6.92 Å². The lowest BCUT2D eigenvalue weighted by molar-refractivity contribution is -0.141. The highest BCUT2D eigenvalue weighted by atomic mass is 16.5. The molecule has 0 saturated heterocycles. The third-order valence-electron chi connectivity index (χ3n) is 2.11. The fourth-order valence-corrected chi connectivity index (χ4v) is 1.28. The van der Waals surface area contributed by atoms with Crippen LogP contribution in [0.1, 0.15) is 40.5 Å². The van der Waals surface area contributed by atoms with Crippen molar-refractivity contribution >= 4 is 5.91 Å². The van der Waals surface area contributed by atoms with Crippen molar-refractivity contribution in [3.05, 3.63) is 0 Å². The lowest BCUT2D eigenvalue weighted by Crippen LogP contribution is -2.38. The van der Waals surface area contributed by atoms with Gasteiger partial charge in [0, 0.05) is 13.1 Å². The van der Waals surface area contributed by atoms with Gasteiger partial charge in [-0.3, -0.25) is 4.79 Å². The van der Waals surface area contributed by atoms with E-state index in [4.69, 9.17) is 10.5 Å². The van der Waals surface area contributed by atoms with Gasteiger partial charge in [0.15, 0.2) is 0 Å². The number of amides is 1. The molecule has 0 fully saturated rings. The van der Waals surface area contributed by atoms with Gasteiger partial charge in [0.1, 0.15) is 6.61 Å². The summed E-state index contributed by atoms with van der Waals surface area (Å²) in [6.45, 7) is 10.2. The first-order valence-corrected chi connectivity index (χ1v) is 6.02. The fourth-order valence-electron chi connectivity index (χ4n) is 1.28. The fraction of sp³-hybridized carbons (Fsp3) is 0.917. The molecule has 0 aromatic carbocycles. The predicted molar refractivity (Wildman–Crippen MR) is 66.2 cm³/mol. The first kappa shape index (κ1) is 15.4. The Morgan fingerprint density at radius 1 is 1.31 bits per heavy atom. The summed E-state index contributed by atoms with van der Waals surface area (Å²) in [5.41, 5.74) is 5.18. The summed E-state index contributed by atoms with van der Waals surface area (Å²) in [6, 6.07) is 0. The molecule has 0 heterocycles. The molecule has 0 radical (unpaired) electrons. The van der Waals surface area contributed by atoms with Gasteiger partial charge in [0.25, 0.3) is 0 Å². The Morgan fingerprint density at radius 3 is 2.38 bits per heavy atom. The summed E-state index contributed by atoms with van der Waals surface area (Å²) in [5.74, 6) is 0.0604. The van der Waals surface area contributed by atoms with Crippen LogP contribution < -0.4 is 5.73 Å². The maximum atomic E-state index is 11.8. The number of rotatable bonds is 7. The molecular formula is C12H26N2O2. The standard InChI is InChI=1S/C12H26N2O2/c1-5-8-14(9-6-7-13)11(15)10-16-12(2,3)4/h5-10,13H2,1-4H3. The first-order valence-electron chi connectivity index (χ1n) is 6.02. The van der Waals surface area contributed by atoms with E-state index in [1.807, 2.05) is 25.7 Å². The van der Waals surface area contributed by atoms with Gasteiger partial charge in [0.2, 0.25) is 5.91 Å². The smallest absolute Gasteiger partial charge is 0.248 e. The van der Waals surface area contributed by atoms with Crippen LogP contribution in [0.25, 0.3) is 0 Å². The Hall–Kier alpha value is -0.610. The normalized spacial score (nSPS) is 11.6. The Kier molecular flexibility index (Phi) is 7.34. The molecule has 1 amide bonds. The third kappa shape index (κ3) is 7.65. The number of nitrogens with zero attached hydrogens (tertiary/aromatic N) is 1. The minimum Gasteiger partial charge on any atom is -0.366 e. The summed E-state index contributed by atoms with van der Waals surface area (Å²) < 4.78 is 5.48. The number of ether oxygens (including phenoxy) is 1. The highest BCUT2D eigenvalue weighted by Gasteiger charge is 2.16. The van der Waals surface area contributed by atoms with Crippen molar-refractivity contribution in [3.63, 3.8) is 0 Å². The molecule has 0 aromatic rings. The summed E-state index contributed by atoms with van der Waals surface area (Å²) in [5, 5.41) is 0. The zero-order valence-corrected chi connectivity index (χ0v) is 11.1. The van der Waals surface area contributed by atoms with Crippen LogP contribution in [0.5, 0.6) is 0 Å². The maximum absolute atomic E-state index is 11.8. The average molecular weight is 230 g/mol. The lowest BCUT2D eigenvalue weighted by Gasteiger charge is -2.25. The molecule has 4 heteroatoms. The summed E-state index contributed by atoms with van der Waals surface area (Å²) in [6.07, 6.45) is 1.81. The van der Waals surface area contributed by atoms with E-state index in [1.165, 1.54) is 0 Å². The van der Waals surface area contributed by atoms with Crippen molar-refractivity contribution < 1.29 is 9.53 Å². The van der Waals surface area contributed by atoms with Crippen molar-refractivity contribution in [2.24, 2.45) is 5.73 Å². The molecule has 0 saturated carbocycles. The summed E-state index contributed by atoms with van der Waals surface area (Å²) in [7, 11) is 0. The van der Waals surface area contributed by atoms with Gasteiger partial charge in [-0.1, -0.05) is 6.92 Å². The van der Waals surface area contributed by atoms with Crippen LogP contribution in [0, 0.1) is 0 Å². The van der Waals surface area contributed by atoms with Gasteiger partial charge >= 0.3 is 0 Å². The Morgan fingerprint density at radius 2 is 1.94 bits per heavy atom. The van der Waals surface area contributed by atoms with E-state index >= 15 is 0 Å². The van der Waals surface area contributed by atoms with E-state index < -0.39 is 0 Å². The molecule has 2 N–H and O–H groups in total. The molecule has 0 rings (SSSR count). The van der Waals surface area contributed by atoms with Crippen LogP contribution in [0.3, 0.4) is 0 Å². The number of carbonyl (C=O) groups excluding carboxylic acids is 1. The largest absolute Gasteiger partial charge is 0.366 e. The Bertz CT molecular complexity index is 200. The SMILES string of the molecule is CCCN(CCCN)C(=O)COC(C)(C)C. The van der Waals surface area contributed by atoms with E-state index in [0.717, 1.165) is 25.9 Å². The van der Waals surface area contributed by atoms with Crippen LogP contribution in [0.15, 0.2) is 0 Å². The van der Waals surface area contributed by atoms with Crippen molar-refractivity contribution in [3.8, 4) is 0 Å². The maximum Gasteiger partial charge on any atom is 0.248 e. The molecular weight excluding hydrogens is 204 g/mol. The van der Waals surface area contributed by atoms with Gasteiger partial charge in [-0.15, -0.1) is 0 Å². The second-order valence-corrected chi connectivity index (χ2v) is 4.92. The zero-order chi connectivity index (χ0) is 12.6. The minimum atomic E-state index is -0.262. The highest BCUT2D eigenvalue weighted by molar-refractivity contribution is 5.77. The molecule has 16 heavy (non-hydrogen) atoms. The van der Waals surface area contributed by atoms with Gasteiger partial charge in [0.05, 0.1) is 5.60 Å². The highest BCUT2D eigenvalue weighted by Crippen LogP contribution is 2.07. The number of nitrogens with two attached hydrogens (primary N) is 1. The summed E-state index contributed by atoms with van der Waals surface area (Å²) >= 11 is 0. The molecule has 0 aliphatic heterocycles. The number of hydrogen-bond acceptors (Lipinski definition) is 3. The van der Waals surface area contributed by atoms with Crippen LogP contribution in [-0.2, 0) is 9.53 Å². The van der Waals surface area contributed by atoms with E-state index in [9.17, 15) is 4.79 Å². The van der Waals surface area contributed by atoms with E-state index in [0.29, 0.717) is 6.54 Å². The van der Waals surface area contributed by atoms with Gasteiger partial charge in [-0.25, -0.2) is 0 Å². The molecule has 4 nitrogen and oxygen atoms in total. The molecule has 0 unspecified atom stereocenters. The van der Waals surface area contributed by atoms with Crippen molar-refractivity contribution in [1.29, 1.82) is 0 Å². The van der Waals surface area contributed by atoms with Gasteiger partial charge in [-0.2, -0.15) is 0 Å². The van der Waals surface area contributed by atoms with Crippen LogP contribution in [0.2, 0.25) is 0 Å². The molecule has 0 atom stereocenters. The second kappa shape index (κ2) is 7.63. The van der Waals surface area contributed by atoms with E-state index in [-0.39, 0.29) is 18.1 Å². The van der Waals surface area contributed by atoms with Gasteiger partial charge < -0.3 is 15.4 Å². The molecule has 0 aliphatic carbocycles. The van der Waals surface area contributed by atoms with Crippen LogP contribution in [-0.4, -0.2) is 42.6 Å². The molecule has 0 aromatic heterocycles. The Balaban J connectivity index is 4.05. The van der Waals surface area contributed by atoms with E-state index in [1.54, 1.807) is 0 Å². The topological polar surface area (TPSA) is 55.6 Å². The second-order valence-electron chi connectivity index (χ2n) is 4.92. The number of carbonyl (C=O) groups is 1. The minimum absolute atomic E-state index is 0.0604. The quantitative estimate of drug-likeness (QED) is 0.719. The molecule has 0 spiro atoms. The molecule has 96 valence electrons. The van der Waals surface area contributed by atoms with Crippen molar-refractivity contribution in [1.82, 2.24) is 4.90 Å². The zero-order valence-electron chi connectivity index (χ0n) is 11.1. The lowest BCUT2D eigenvalue weighted by atomic mass is 10.2. The third-order valence-corrected chi connectivity index (χ3v) is 2.11. The Labute approximate surface area is 99.1 Å². The average Bonchev–Trinajstić information content (AvgIpc) is 2.19. The summed E-state index contributed by atoms with van der Waals surface area (Å²) in [4.78, 5) is 13.7. The van der Waals surface area contributed by atoms with Crippen LogP contribution in [0.4, 0.5) is 0 Å². The molecule has 0 bridgehead atoms. The predicted octanol–water partition coefficient (Wildman–Crippen LogP) is 1.39.